The van der Waals surface area contributed by atoms with Gasteiger partial charge in [0, 0.05) is 5.56 Å². The molecule has 0 aromatic heterocycles. The molecule has 0 aliphatic rings. The van der Waals surface area contributed by atoms with E-state index in [1.165, 1.54) is 18.2 Å². The van der Waals surface area contributed by atoms with Gasteiger partial charge in [0.15, 0.2) is 0 Å². The van der Waals surface area contributed by atoms with Crippen LogP contribution >= 0.6 is 0 Å². The molecule has 5 heteroatoms. The number of nitrogens with two attached hydrogens (primary N) is 1. The third kappa shape index (κ3) is 3.01. The molecular weight excluding hydrogens is 195 g/mol. The molecule has 0 aliphatic carbocycles. The van der Waals surface area contributed by atoms with E-state index in [4.69, 9.17) is 5.73 Å². The van der Waals surface area contributed by atoms with E-state index in [9.17, 15) is 13.2 Å². The Balaban J connectivity index is 2.60. The highest BCUT2D eigenvalue weighted by Gasteiger charge is 2.13. The zero-order valence-corrected chi connectivity index (χ0v) is 7.29. The maximum Gasteiger partial charge on any atom is 0.345 e. The second-order valence-electron chi connectivity index (χ2n) is 2.72. The van der Waals surface area contributed by atoms with Crippen molar-refractivity contribution in [2.24, 2.45) is 5.73 Å². The molecule has 0 bridgehead atoms. The van der Waals surface area contributed by atoms with Gasteiger partial charge in [-0.15, -0.1) is 0 Å². The monoisotopic (exact) mass is 205 g/mol. The normalized spacial score (nSPS) is 13.2. The van der Waals surface area contributed by atoms with Crippen molar-refractivity contribution < 1.29 is 17.9 Å². The van der Waals surface area contributed by atoms with Crippen LogP contribution in [-0.2, 0) is 4.74 Å². The average molecular weight is 205 g/mol. The van der Waals surface area contributed by atoms with E-state index in [1.807, 2.05) is 0 Å². The number of hydrogen-bond acceptors (Lipinski definition) is 2. The fraction of sp³-hybridized carbons (Fsp3) is 0.333. The van der Waals surface area contributed by atoms with Crippen molar-refractivity contribution in [3.8, 4) is 0 Å². The van der Waals surface area contributed by atoms with Crippen molar-refractivity contribution in [1.29, 1.82) is 0 Å². The van der Waals surface area contributed by atoms with Crippen LogP contribution in [0.2, 0.25) is 0 Å². The molecule has 2 nitrogen and oxygen atoms in total. The largest absolute Gasteiger partial charge is 0.345 e. The summed E-state index contributed by atoms with van der Waals surface area (Å²) in [5.74, 6) is -0.516. The summed E-state index contributed by atoms with van der Waals surface area (Å²) in [7, 11) is 0. The van der Waals surface area contributed by atoms with Gasteiger partial charge in [0.1, 0.15) is 5.82 Å². The van der Waals surface area contributed by atoms with E-state index in [0.29, 0.717) is 0 Å². The van der Waals surface area contributed by atoms with Crippen LogP contribution in [0.1, 0.15) is 11.6 Å². The zero-order valence-electron chi connectivity index (χ0n) is 7.29. The topological polar surface area (TPSA) is 35.2 Å². The maximum atomic E-state index is 13.0. The van der Waals surface area contributed by atoms with Gasteiger partial charge in [-0.1, -0.05) is 18.2 Å². The molecule has 1 unspecified atom stereocenters. The van der Waals surface area contributed by atoms with Crippen molar-refractivity contribution in [2.45, 2.75) is 12.7 Å². The minimum atomic E-state index is -2.88. The quantitative estimate of drug-likeness (QED) is 0.816. The SMILES string of the molecule is NC(COC(F)F)c1ccccc1F. The highest BCUT2D eigenvalue weighted by molar-refractivity contribution is 5.20. The number of alkyl halides is 2. The van der Waals surface area contributed by atoms with Crippen LogP contribution < -0.4 is 5.73 Å². The van der Waals surface area contributed by atoms with Crippen molar-refractivity contribution >= 4 is 0 Å². The second-order valence-corrected chi connectivity index (χ2v) is 2.72. The van der Waals surface area contributed by atoms with E-state index in [-0.39, 0.29) is 5.56 Å². The van der Waals surface area contributed by atoms with Gasteiger partial charge in [0.25, 0.3) is 0 Å². The highest BCUT2D eigenvalue weighted by Crippen LogP contribution is 2.15. The summed E-state index contributed by atoms with van der Waals surface area (Å²) in [6.07, 6.45) is 0. The third-order valence-electron chi connectivity index (χ3n) is 1.71. The average Bonchev–Trinajstić information content (AvgIpc) is 2.15. The first kappa shape index (κ1) is 11.0. The summed E-state index contributed by atoms with van der Waals surface area (Å²) < 4.78 is 40.3. The van der Waals surface area contributed by atoms with Crippen LogP contribution in [0, 0.1) is 5.82 Å². The summed E-state index contributed by atoms with van der Waals surface area (Å²) >= 11 is 0. The van der Waals surface area contributed by atoms with Gasteiger partial charge in [-0.05, 0) is 6.07 Å². The fourth-order valence-electron chi connectivity index (χ4n) is 1.04. The lowest BCUT2D eigenvalue weighted by molar-refractivity contribution is -0.132. The molecular formula is C9H10F3NO. The van der Waals surface area contributed by atoms with Gasteiger partial charge in [-0.3, -0.25) is 0 Å². The van der Waals surface area contributed by atoms with Crippen LogP contribution in [0.4, 0.5) is 13.2 Å². The number of ether oxygens (including phenoxy) is 1. The van der Waals surface area contributed by atoms with Gasteiger partial charge < -0.3 is 10.5 Å². The molecule has 0 radical (unpaired) electrons. The Labute approximate surface area is 79.5 Å². The van der Waals surface area contributed by atoms with Gasteiger partial charge in [0.05, 0.1) is 12.6 Å². The second kappa shape index (κ2) is 4.97. The molecule has 0 saturated heterocycles. The number of rotatable bonds is 4. The van der Waals surface area contributed by atoms with Crippen LogP contribution in [0.3, 0.4) is 0 Å². The number of benzene rings is 1. The molecule has 0 aliphatic heterocycles. The molecule has 1 atom stereocenters. The Morgan fingerprint density at radius 3 is 2.50 bits per heavy atom. The molecule has 2 N–H and O–H groups in total. The summed E-state index contributed by atoms with van der Waals surface area (Å²) in [6, 6.07) is 4.87. The molecule has 0 amide bonds. The molecule has 0 fully saturated rings. The molecule has 14 heavy (non-hydrogen) atoms. The molecule has 1 aromatic carbocycles. The van der Waals surface area contributed by atoms with Crippen molar-refractivity contribution in [2.75, 3.05) is 6.61 Å². The first-order valence-corrected chi connectivity index (χ1v) is 4.01. The maximum absolute atomic E-state index is 13.0. The Kier molecular flexibility index (Phi) is 3.91. The molecule has 1 rings (SSSR count). The van der Waals surface area contributed by atoms with Crippen LogP contribution in [0.15, 0.2) is 24.3 Å². The van der Waals surface area contributed by atoms with Crippen molar-refractivity contribution in [1.82, 2.24) is 0 Å². The molecule has 0 saturated carbocycles. The highest BCUT2D eigenvalue weighted by atomic mass is 19.3. The lowest BCUT2D eigenvalue weighted by atomic mass is 10.1. The smallest absolute Gasteiger partial charge is 0.322 e. The molecule has 78 valence electrons. The van der Waals surface area contributed by atoms with E-state index in [2.05, 4.69) is 4.74 Å². The zero-order chi connectivity index (χ0) is 10.6. The van der Waals surface area contributed by atoms with E-state index < -0.39 is 25.1 Å². The summed E-state index contributed by atoms with van der Waals surface area (Å²) in [4.78, 5) is 0. The lowest BCUT2D eigenvalue weighted by Gasteiger charge is -2.12. The molecule has 0 heterocycles. The van der Waals surface area contributed by atoms with E-state index in [0.717, 1.165) is 0 Å². The summed E-state index contributed by atoms with van der Waals surface area (Å²) in [5.41, 5.74) is 5.62. The van der Waals surface area contributed by atoms with E-state index >= 15 is 0 Å². The van der Waals surface area contributed by atoms with E-state index in [1.54, 1.807) is 6.07 Å². The fourth-order valence-corrected chi connectivity index (χ4v) is 1.04. The first-order chi connectivity index (χ1) is 6.61. The molecule has 1 aromatic rings. The third-order valence-corrected chi connectivity index (χ3v) is 1.71. The van der Waals surface area contributed by atoms with Gasteiger partial charge in [0.2, 0.25) is 0 Å². The Hall–Kier alpha value is -1.07. The predicted octanol–water partition coefficient (Wildman–Crippen LogP) is 2.06. The Bertz CT molecular complexity index is 293. The standard InChI is InChI=1S/C9H10F3NO/c10-7-4-2-1-3-6(7)8(13)5-14-9(11)12/h1-4,8-9H,5,13H2. The summed E-state index contributed by atoms with van der Waals surface area (Å²) in [6.45, 7) is -3.29. The number of hydrogen-bond donors (Lipinski definition) is 1. The van der Waals surface area contributed by atoms with Crippen LogP contribution in [-0.4, -0.2) is 13.2 Å². The van der Waals surface area contributed by atoms with Crippen LogP contribution in [0.5, 0.6) is 0 Å². The van der Waals surface area contributed by atoms with Gasteiger partial charge in [-0.2, -0.15) is 8.78 Å². The van der Waals surface area contributed by atoms with Gasteiger partial charge >= 0.3 is 6.61 Å². The Morgan fingerprint density at radius 2 is 1.93 bits per heavy atom. The Morgan fingerprint density at radius 1 is 1.29 bits per heavy atom. The summed E-state index contributed by atoms with van der Waals surface area (Å²) in [5, 5.41) is 0. The minimum Gasteiger partial charge on any atom is -0.322 e. The lowest BCUT2D eigenvalue weighted by Crippen LogP contribution is -2.19. The number of halogens is 3. The predicted molar refractivity (Wildman–Crippen MR) is 45.3 cm³/mol. The van der Waals surface area contributed by atoms with Gasteiger partial charge in [-0.25, -0.2) is 4.39 Å². The molecule has 0 spiro atoms. The first-order valence-electron chi connectivity index (χ1n) is 4.01. The van der Waals surface area contributed by atoms with Crippen molar-refractivity contribution in [3.05, 3.63) is 35.6 Å². The van der Waals surface area contributed by atoms with Crippen molar-refractivity contribution in [3.63, 3.8) is 0 Å². The van der Waals surface area contributed by atoms with Crippen LogP contribution in [0.25, 0.3) is 0 Å². The minimum absolute atomic E-state index is 0.174.